The molecule has 0 heterocycles. The van der Waals surface area contributed by atoms with Crippen molar-refractivity contribution in [2.24, 2.45) is 29.6 Å². The highest BCUT2D eigenvalue weighted by molar-refractivity contribution is 6.04. The Morgan fingerprint density at radius 1 is 0.472 bits per heavy atom. The Morgan fingerprint density at radius 3 is 1.00 bits per heavy atom. The van der Waals surface area contributed by atoms with Crippen LogP contribution in [-0.4, -0.2) is 73.4 Å². The fourth-order valence-corrected chi connectivity index (χ4v) is 4.68. The maximum Gasteiger partial charge on any atom is 0.274 e. The van der Waals surface area contributed by atoms with Crippen LogP contribution in [0.5, 0.6) is 0 Å². The highest BCUT2D eigenvalue weighted by atomic mass is 16.7. The summed E-state index contributed by atoms with van der Waals surface area (Å²) < 4.78 is 0. The molecule has 0 saturated heterocycles. The van der Waals surface area contributed by atoms with Gasteiger partial charge < -0.3 is 16.0 Å². The van der Waals surface area contributed by atoms with Crippen molar-refractivity contribution in [3.05, 3.63) is 34.9 Å². The fraction of sp³-hybridized carbons (Fsp3) is 0.684. The highest BCUT2D eigenvalue weighted by Gasteiger charge is 2.27. The zero-order valence-electron chi connectivity index (χ0n) is 33.5. The van der Waals surface area contributed by atoms with Crippen molar-refractivity contribution in [3.63, 3.8) is 0 Å². The Hall–Kier alpha value is -4.08. The van der Waals surface area contributed by atoms with E-state index in [1.165, 1.54) is 18.2 Å². The number of nitrogens with one attached hydrogen (secondary N) is 6. The molecule has 6 amide bonds. The Kier molecular flexibility index (Phi) is 21.5. The van der Waals surface area contributed by atoms with Gasteiger partial charge in [0.15, 0.2) is 18.3 Å². The predicted molar refractivity (Wildman–Crippen MR) is 201 cm³/mol. The zero-order chi connectivity index (χ0) is 40.2. The summed E-state index contributed by atoms with van der Waals surface area (Å²) in [7, 11) is 0. The summed E-state index contributed by atoms with van der Waals surface area (Å²) in [6.45, 7) is 22.4. The van der Waals surface area contributed by atoms with Crippen molar-refractivity contribution in [1.82, 2.24) is 32.4 Å². The molecule has 3 atom stereocenters. The Morgan fingerprint density at radius 2 is 0.755 bits per heavy atom. The van der Waals surface area contributed by atoms with Crippen molar-refractivity contribution in [2.45, 2.75) is 120 Å². The molecule has 15 nitrogen and oxygen atoms in total. The molecule has 0 aliphatic heterocycles. The monoisotopic (exact) mass is 748 g/mol. The van der Waals surface area contributed by atoms with E-state index in [1.54, 1.807) is 0 Å². The van der Waals surface area contributed by atoms with Crippen molar-refractivity contribution in [2.75, 3.05) is 19.6 Å². The van der Waals surface area contributed by atoms with E-state index in [0.717, 1.165) is 0 Å². The third kappa shape index (κ3) is 19.0. The third-order valence-corrected chi connectivity index (χ3v) is 7.45. The number of amides is 6. The topological polar surface area (TPSA) is 202 Å². The van der Waals surface area contributed by atoms with Gasteiger partial charge in [0.25, 0.3) is 35.4 Å². The molecule has 0 saturated carbocycles. The summed E-state index contributed by atoms with van der Waals surface area (Å²) in [6.07, 6.45) is -1.38. The van der Waals surface area contributed by atoms with E-state index >= 15 is 0 Å². The van der Waals surface area contributed by atoms with E-state index < -0.39 is 53.8 Å². The highest BCUT2D eigenvalue weighted by Crippen LogP contribution is 2.15. The van der Waals surface area contributed by atoms with Crippen molar-refractivity contribution in [3.8, 4) is 0 Å². The zero-order valence-corrected chi connectivity index (χ0v) is 33.5. The van der Waals surface area contributed by atoms with Crippen LogP contribution >= 0.6 is 0 Å². The maximum absolute atomic E-state index is 13.5. The van der Waals surface area contributed by atoms with E-state index in [2.05, 4.69) is 32.4 Å². The molecule has 1 rings (SSSR count). The van der Waals surface area contributed by atoms with Crippen LogP contribution in [0.1, 0.15) is 133 Å². The van der Waals surface area contributed by atoms with Gasteiger partial charge in [0.05, 0.1) is 0 Å². The van der Waals surface area contributed by atoms with E-state index in [1.807, 2.05) is 76.2 Å². The normalized spacial score (nSPS) is 13.1. The summed E-state index contributed by atoms with van der Waals surface area (Å²) in [5.41, 5.74) is 6.37. The minimum atomic E-state index is -1.01. The van der Waals surface area contributed by atoms with Gasteiger partial charge in [-0.25, -0.2) is 16.4 Å². The molecule has 0 radical (unpaired) electrons. The van der Waals surface area contributed by atoms with Crippen molar-refractivity contribution >= 4 is 35.4 Å². The van der Waals surface area contributed by atoms with Gasteiger partial charge in [-0.2, -0.15) is 0 Å². The number of hydrogen-bond donors (Lipinski definition) is 6. The first-order valence-electron chi connectivity index (χ1n) is 18.7. The molecule has 53 heavy (non-hydrogen) atoms. The van der Waals surface area contributed by atoms with Crippen LogP contribution in [0.2, 0.25) is 0 Å². The maximum atomic E-state index is 13.5. The summed E-state index contributed by atoms with van der Waals surface area (Å²) in [4.78, 5) is 95.5. The SMILES string of the molecule is CCCNC(=O)[C@@H](CC(C)C)ONC(=O)c1cc(C(=O)NO[C@H](CC(C)C)C(=O)NCC(C)C)cc(C(=O)NO[C@H](CC(C)C)C(=O)NCC(C)C)c1. The van der Waals surface area contributed by atoms with Crippen LogP contribution in [-0.2, 0) is 28.9 Å². The summed E-state index contributed by atoms with van der Waals surface area (Å²) in [6, 6.07) is 3.63. The molecular weight excluding hydrogens is 684 g/mol. The predicted octanol–water partition coefficient (Wildman–Crippen LogP) is 3.99. The molecule has 0 aliphatic carbocycles. The van der Waals surface area contributed by atoms with Crippen LogP contribution < -0.4 is 32.4 Å². The molecule has 1 aromatic rings. The number of rotatable bonds is 24. The lowest BCUT2D eigenvalue weighted by atomic mass is 10.0. The van der Waals surface area contributed by atoms with Gasteiger partial charge in [-0.15, -0.1) is 0 Å². The van der Waals surface area contributed by atoms with Crippen LogP contribution in [0, 0.1) is 29.6 Å². The van der Waals surface area contributed by atoms with Gasteiger partial charge in [-0.3, -0.25) is 43.3 Å². The van der Waals surface area contributed by atoms with E-state index in [4.69, 9.17) is 14.5 Å². The first kappa shape index (κ1) is 46.9. The average Bonchev–Trinajstić information content (AvgIpc) is 3.09. The molecule has 0 aromatic heterocycles. The van der Waals surface area contributed by atoms with Gasteiger partial charge >= 0.3 is 0 Å². The lowest BCUT2D eigenvalue weighted by Gasteiger charge is -2.21. The quantitative estimate of drug-likeness (QED) is 0.0846. The van der Waals surface area contributed by atoms with Crippen LogP contribution in [0.25, 0.3) is 0 Å². The average molecular weight is 749 g/mol. The second-order valence-electron chi connectivity index (χ2n) is 15.4. The molecule has 1 aromatic carbocycles. The van der Waals surface area contributed by atoms with E-state index in [0.29, 0.717) is 45.3 Å². The lowest BCUT2D eigenvalue weighted by molar-refractivity contribution is -0.138. The number of carbonyl (C=O) groups excluding carboxylic acids is 6. The molecular formula is C38H64N6O9. The number of hydroxylamine groups is 3. The van der Waals surface area contributed by atoms with E-state index in [-0.39, 0.29) is 46.3 Å². The van der Waals surface area contributed by atoms with Gasteiger partial charge in [-0.05, 0) is 73.5 Å². The fourth-order valence-electron chi connectivity index (χ4n) is 4.68. The van der Waals surface area contributed by atoms with Gasteiger partial charge in [0.1, 0.15) is 0 Å². The molecule has 0 bridgehead atoms. The second kappa shape index (κ2) is 24.3. The van der Waals surface area contributed by atoms with Gasteiger partial charge in [0.2, 0.25) is 0 Å². The number of hydrogen-bond acceptors (Lipinski definition) is 9. The minimum Gasteiger partial charge on any atom is -0.354 e. The molecule has 0 unspecified atom stereocenters. The molecule has 0 spiro atoms. The Bertz CT molecular complexity index is 1280. The largest absolute Gasteiger partial charge is 0.354 e. The molecule has 15 heteroatoms. The number of benzene rings is 1. The lowest BCUT2D eigenvalue weighted by Crippen LogP contribution is -2.43. The third-order valence-electron chi connectivity index (χ3n) is 7.45. The van der Waals surface area contributed by atoms with Crippen LogP contribution in [0.4, 0.5) is 0 Å². The van der Waals surface area contributed by atoms with Gasteiger partial charge in [0, 0.05) is 36.3 Å². The van der Waals surface area contributed by atoms with E-state index in [9.17, 15) is 28.8 Å². The second-order valence-corrected chi connectivity index (χ2v) is 15.4. The van der Waals surface area contributed by atoms with Crippen molar-refractivity contribution < 1.29 is 43.3 Å². The van der Waals surface area contributed by atoms with Crippen LogP contribution in [0.15, 0.2) is 18.2 Å². The summed E-state index contributed by atoms with van der Waals surface area (Å²) >= 11 is 0. The smallest absolute Gasteiger partial charge is 0.274 e. The standard InChI is InChI=1S/C38H64N6O9/c1-12-13-39-36(48)30(14-22(2)3)51-42-33(45)27-17-28(34(46)43-52-31(15-23(4)5)37(49)40-20-25(8)9)19-29(18-27)35(47)44-53-32(16-24(6)7)38(50)41-21-26(10)11/h17-19,22-26,30-32H,12-16,20-21H2,1-11H3,(H,39,48)(H,40,49)(H,41,50)(H,42,45)(H,43,46)(H,44,47)/t30-,31-,32-/m1/s1. The first-order valence-corrected chi connectivity index (χ1v) is 18.7. The number of carbonyl (C=O) groups is 6. The Labute approximate surface area is 315 Å². The first-order chi connectivity index (χ1) is 24.8. The molecule has 6 N–H and O–H groups in total. The Balaban J connectivity index is 3.41. The summed E-state index contributed by atoms with van der Waals surface area (Å²) in [5.74, 6) is -3.17. The molecule has 0 fully saturated rings. The van der Waals surface area contributed by atoms with Gasteiger partial charge in [-0.1, -0.05) is 76.2 Å². The summed E-state index contributed by atoms with van der Waals surface area (Å²) in [5, 5.41) is 8.36. The minimum absolute atomic E-state index is 0.0552. The molecule has 0 aliphatic rings. The van der Waals surface area contributed by atoms with Crippen molar-refractivity contribution in [1.29, 1.82) is 0 Å². The molecule has 300 valence electrons. The van der Waals surface area contributed by atoms with Crippen LogP contribution in [0.3, 0.4) is 0 Å².